The number of ether oxygens (including phenoxy) is 1. The van der Waals surface area contributed by atoms with Gasteiger partial charge in [-0.25, -0.2) is 0 Å². The van der Waals surface area contributed by atoms with Gasteiger partial charge in [-0.15, -0.1) is 0 Å². The van der Waals surface area contributed by atoms with Gasteiger partial charge in [-0.1, -0.05) is 48.7 Å². The second-order valence-electron chi connectivity index (χ2n) is 8.61. The molecule has 176 valence electrons. The van der Waals surface area contributed by atoms with Crippen LogP contribution in [0.15, 0.2) is 0 Å². The Morgan fingerprint density at radius 1 is 1.03 bits per heavy atom. The minimum atomic E-state index is -1.69. The van der Waals surface area contributed by atoms with E-state index in [1.165, 1.54) is 0 Å². The average molecular weight is 490 g/mol. The highest BCUT2D eigenvalue weighted by Crippen LogP contribution is 2.26. The van der Waals surface area contributed by atoms with Crippen molar-refractivity contribution >= 4 is 52.6 Å². The largest absolute Gasteiger partial charge is 0.460 e. The topological polar surface area (TPSA) is 123 Å². The number of nitrogens with two attached hydrogens (primary N) is 1. The lowest BCUT2D eigenvalue weighted by atomic mass is 9.98. The van der Waals surface area contributed by atoms with Gasteiger partial charge in [-0.3, -0.25) is 14.4 Å². The fraction of sp³-hybridized carbons (Fsp3) is 0.842. The van der Waals surface area contributed by atoms with E-state index in [4.69, 9.17) is 45.3 Å². The standard InChI is InChI=1S/C19H35Cl3N4O4/c1-11(2)14(26-18(4,5)6)16(28)25-12(3)15(27)24-9-7-8-13(23)17(29)30-10-19(20,21)22/h11-14,26H,7-10,23H2,1-6H3,(H,24,27)(H,25,28). The second kappa shape index (κ2) is 12.9. The van der Waals surface area contributed by atoms with Crippen molar-refractivity contribution in [3.05, 3.63) is 0 Å². The third-order valence-electron chi connectivity index (χ3n) is 3.96. The van der Waals surface area contributed by atoms with Crippen molar-refractivity contribution in [3.8, 4) is 0 Å². The van der Waals surface area contributed by atoms with Crippen molar-refractivity contribution in [2.24, 2.45) is 11.7 Å². The molecule has 0 aromatic heterocycles. The molecule has 0 aliphatic heterocycles. The summed E-state index contributed by atoms with van der Waals surface area (Å²) >= 11 is 16.5. The Bertz CT molecular complexity index is 577. The number of esters is 1. The van der Waals surface area contributed by atoms with Crippen LogP contribution in [0, 0.1) is 5.92 Å². The van der Waals surface area contributed by atoms with Gasteiger partial charge in [0.2, 0.25) is 15.6 Å². The van der Waals surface area contributed by atoms with E-state index >= 15 is 0 Å². The van der Waals surface area contributed by atoms with Gasteiger partial charge in [0.25, 0.3) is 0 Å². The summed E-state index contributed by atoms with van der Waals surface area (Å²) in [4.78, 5) is 36.5. The predicted octanol–water partition coefficient (Wildman–Crippen LogP) is 2.04. The van der Waals surface area contributed by atoms with Crippen LogP contribution < -0.4 is 21.7 Å². The smallest absolute Gasteiger partial charge is 0.323 e. The van der Waals surface area contributed by atoms with Gasteiger partial charge >= 0.3 is 5.97 Å². The summed E-state index contributed by atoms with van der Waals surface area (Å²) in [6.07, 6.45) is 0.723. The number of rotatable bonds is 11. The molecule has 0 aromatic carbocycles. The van der Waals surface area contributed by atoms with Crippen molar-refractivity contribution in [2.75, 3.05) is 13.2 Å². The quantitative estimate of drug-likeness (QED) is 0.200. The highest BCUT2D eigenvalue weighted by molar-refractivity contribution is 6.67. The molecule has 2 amide bonds. The summed E-state index contributed by atoms with van der Waals surface area (Å²) in [5.41, 5.74) is 5.48. The maximum absolute atomic E-state index is 12.6. The van der Waals surface area contributed by atoms with Crippen LogP contribution in [0.2, 0.25) is 0 Å². The van der Waals surface area contributed by atoms with Crippen molar-refractivity contribution in [1.82, 2.24) is 16.0 Å². The lowest BCUT2D eigenvalue weighted by molar-refractivity contribution is -0.145. The van der Waals surface area contributed by atoms with Gasteiger partial charge in [0.05, 0.1) is 6.04 Å². The Balaban J connectivity index is 4.35. The molecule has 0 aromatic rings. The molecule has 0 saturated carbocycles. The zero-order valence-electron chi connectivity index (χ0n) is 18.5. The third kappa shape index (κ3) is 13.5. The molecule has 0 radical (unpaired) electrons. The molecule has 0 aliphatic rings. The Morgan fingerprint density at radius 2 is 1.60 bits per heavy atom. The number of hydrogen-bond acceptors (Lipinski definition) is 6. The number of alkyl halides is 3. The van der Waals surface area contributed by atoms with Crippen LogP contribution in [0.1, 0.15) is 54.4 Å². The Labute approximate surface area is 194 Å². The van der Waals surface area contributed by atoms with Crippen molar-refractivity contribution in [1.29, 1.82) is 0 Å². The van der Waals surface area contributed by atoms with Gasteiger partial charge in [-0.05, 0) is 46.5 Å². The summed E-state index contributed by atoms with van der Waals surface area (Å²) in [5.74, 6) is -1.18. The Kier molecular flexibility index (Phi) is 12.6. The van der Waals surface area contributed by atoms with E-state index < -0.39 is 27.9 Å². The number of halogens is 3. The number of nitrogens with one attached hydrogen (secondary N) is 3. The predicted molar refractivity (Wildman–Crippen MR) is 121 cm³/mol. The van der Waals surface area contributed by atoms with Crippen LogP contribution in [-0.2, 0) is 19.1 Å². The molecule has 0 fully saturated rings. The van der Waals surface area contributed by atoms with Gasteiger partial charge in [0.1, 0.15) is 18.7 Å². The normalized spacial score (nSPS) is 15.3. The number of hydrogen-bond donors (Lipinski definition) is 4. The van der Waals surface area contributed by atoms with Crippen molar-refractivity contribution < 1.29 is 19.1 Å². The molecule has 0 aliphatic carbocycles. The van der Waals surface area contributed by atoms with Gasteiger partial charge in [0, 0.05) is 12.1 Å². The summed E-state index contributed by atoms with van der Waals surface area (Å²) in [7, 11) is 0. The van der Waals surface area contributed by atoms with E-state index in [0.29, 0.717) is 13.0 Å². The van der Waals surface area contributed by atoms with Crippen LogP contribution in [0.25, 0.3) is 0 Å². The lowest BCUT2D eigenvalue weighted by Crippen LogP contribution is -2.57. The highest BCUT2D eigenvalue weighted by atomic mass is 35.6. The monoisotopic (exact) mass is 488 g/mol. The first kappa shape index (κ1) is 29.2. The van der Waals surface area contributed by atoms with Crippen LogP contribution in [-0.4, -0.2) is 58.4 Å². The molecule has 11 heteroatoms. The molecule has 8 nitrogen and oxygen atoms in total. The fourth-order valence-corrected chi connectivity index (χ4v) is 2.60. The number of carbonyl (C=O) groups is 3. The second-order valence-corrected chi connectivity index (χ2v) is 11.1. The van der Waals surface area contributed by atoms with Gasteiger partial charge in [0.15, 0.2) is 0 Å². The maximum Gasteiger partial charge on any atom is 0.323 e. The highest BCUT2D eigenvalue weighted by Gasteiger charge is 2.28. The third-order valence-corrected chi connectivity index (χ3v) is 4.29. The van der Waals surface area contributed by atoms with E-state index in [-0.39, 0.29) is 36.3 Å². The molecule has 0 rings (SSSR count). The summed E-state index contributed by atoms with van der Waals surface area (Å²) in [6, 6.07) is -2.01. The van der Waals surface area contributed by atoms with Crippen molar-refractivity contribution in [2.45, 2.75) is 81.8 Å². The molecule has 0 spiro atoms. The van der Waals surface area contributed by atoms with Crippen molar-refractivity contribution in [3.63, 3.8) is 0 Å². The molecular formula is C19H35Cl3N4O4. The van der Waals surface area contributed by atoms with Gasteiger partial charge in [-0.2, -0.15) is 0 Å². The average Bonchev–Trinajstić information content (AvgIpc) is 2.58. The fourth-order valence-electron chi connectivity index (χ4n) is 2.43. The first-order valence-corrected chi connectivity index (χ1v) is 11.0. The maximum atomic E-state index is 12.6. The van der Waals surface area contributed by atoms with Crippen LogP contribution in [0.5, 0.6) is 0 Å². The van der Waals surface area contributed by atoms with E-state index in [2.05, 4.69) is 16.0 Å². The zero-order chi connectivity index (χ0) is 23.7. The van der Waals surface area contributed by atoms with Crippen LogP contribution >= 0.6 is 34.8 Å². The van der Waals surface area contributed by atoms with E-state index in [1.807, 2.05) is 34.6 Å². The van der Waals surface area contributed by atoms with Crippen LogP contribution in [0.3, 0.4) is 0 Å². The number of amides is 2. The van der Waals surface area contributed by atoms with Gasteiger partial charge < -0.3 is 26.4 Å². The molecule has 0 saturated heterocycles. The lowest BCUT2D eigenvalue weighted by Gasteiger charge is -2.31. The Morgan fingerprint density at radius 3 is 2.07 bits per heavy atom. The van der Waals surface area contributed by atoms with E-state index in [9.17, 15) is 14.4 Å². The van der Waals surface area contributed by atoms with E-state index in [1.54, 1.807) is 6.92 Å². The molecule has 0 bridgehead atoms. The molecule has 5 N–H and O–H groups in total. The van der Waals surface area contributed by atoms with Crippen LogP contribution in [0.4, 0.5) is 0 Å². The minimum absolute atomic E-state index is 0.0577. The van der Waals surface area contributed by atoms with E-state index in [0.717, 1.165) is 0 Å². The molecule has 30 heavy (non-hydrogen) atoms. The summed E-state index contributed by atoms with van der Waals surface area (Å²) in [5, 5.41) is 8.71. The number of carbonyl (C=O) groups excluding carboxylic acids is 3. The molecule has 0 heterocycles. The SMILES string of the molecule is CC(NC(=O)C(NC(C)(C)C)C(C)C)C(=O)NCCCC(N)C(=O)OCC(Cl)(Cl)Cl. The minimum Gasteiger partial charge on any atom is -0.460 e. The molecule has 3 atom stereocenters. The summed E-state index contributed by atoms with van der Waals surface area (Å²) in [6.45, 7) is 11.3. The first-order valence-electron chi connectivity index (χ1n) is 9.88. The zero-order valence-corrected chi connectivity index (χ0v) is 20.7. The molecular weight excluding hydrogens is 455 g/mol. The Hall–Kier alpha value is -0.800. The summed E-state index contributed by atoms with van der Waals surface area (Å²) < 4.78 is 3.11. The molecule has 3 unspecified atom stereocenters. The first-order chi connectivity index (χ1) is 13.5.